The molecule has 0 unspecified atom stereocenters. The van der Waals surface area contributed by atoms with Crippen LogP contribution in [0.4, 0.5) is 5.13 Å². The van der Waals surface area contributed by atoms with Crippen molar-refractivity contribution in [2.75, 3.05) is 18.6 Å². The average Bonchev–Trinajstić information content (AvgIpc) is 3.21. The zero-order valence-corrected chi connectivity index (χ0v) is 17.7. The van der Waals surface area contributed by atoms with Crippen LogP contribution in [0.15, 0.2) is 72.8 Å². The summed E-state index contributed by atoms with van der Waals surface area (Å²) in [7, 11) is 1.64. The first kappa shape index (κ1) is 19.9. The number of fused-ring (bicyclic) bond motifs is 1. The van der Waals surface area contributed by atoms with Gasteiger partial charge in [0.1, 0.15) is 11.5 Å². The van der Waals surface area contributed by atoms with Gasteiger partial charge < -0.3 is 9.47 Å². The molecule has 0 aliphatic heterocycles. The number of carbonyl (C=O) groups is 1. The second kappa shape index (κ2) is 8.97. The van der Waals surface area contributed by atoms with Crippen molar-refractivity contribution in [3.8, 4) is 11.5 Å². The minimum atomic E-state index is -0.104. The van der Waals surface area contributed by atoms with E-state index < -0.39 is 0 Å². The minimum Gasteiger partial charge on any atom is -0.497 e. The van der Waals surface area contributed by atoms with Crippen LogP contribution in [0.25, 0.3) is 10.2 Å². The Morgan fingerprint density at radius 3 is 2.43 bits per heavy atom. The van der Waals surface area contributed by atoms with Crippen LogP contribution in [0.1, 0.15) is 22.8 Å². The van der Waals surface area contributed by atoms with Crippen LogP contribution >= 0.6 is 11.3 Å². The molecule has 30 heavy (non-hydrogen) atoms. The quantitative estimate of drug-likeness (QED) is 0.395. The second-order valence-electron chi connectivity index (χ2n) is 6.66. The van der Waals surface area contributed by atoms with Gasteiger partial charge in [-0.15, -0.1) is 0 Å². The molecule has 0 radical (unpaired) electrons. The first-order valence-electron chi connectivity index (χ1n) is 9.71. The number of amides is 1. The van der Waals surface area contributed by atoms with E-state index in [9.17, 15) is 4.79 Å². The monoisotopic (exact) mass is 418 g/mol. The Morgan fingerprint density at radius 1 is 1.00 bits per heavy atom. The largest absolute Gasteiger partial charge is 0.497 e. The zero-order chi connectivity index (χ0) is 20.9. The number of carbonyl (C=O) groups excluding carboxylic acids is 1. The fourth-order valence-electron chi connectivity index (χ4n) is 3.14. The summed E-state index contributed by atoms with van der Waals surface area (Å²) in [4.78, 5) is 19.9. The van der Waals surface area contributed by atoms with Crippen molar-refractivity contribution in [1.82, 2.24) is 4.98 Å². The minimum absolute atomic E-state index is 0.104. The van der Waals surface area contributed by atoms with Crippen LogP contribution in [-0.2, 0) is 6.54 Å². The Hall–Kier alpha value is -3.38. The predicted molar refractivity (Wildman–Crippen MR) is 121 cm³/mol. The molecule has 152 valence electrons. The lowest BCUT2D eigenvalue weighted by molar-refractivity contribution is 0.0985. The summed E-state index contributed by atoms with van der Waals surface area (Å²) in [6, 6.07) is 22.9. The Balaban J connectivity index is 1.71. The van der Waals surface area contributed by atoms with Crippen molar-refractivity contribution in [3.05, 3.63) is 83.9 Å². The molecule has 1 aromatic heterocycles. The lowest BCUT2D eigenvalue weighted by Crippen LogP contribution is -2.30. The standard InChI is InChI=1S/C24H22N2O3S/c1-3-29-19-11-9-18(10-12-19)23(27)26(16-17-7-5-4-6-8-17)24-25-21-14-13-20(28-2)15-22(21)30-24/h4-15H,3,16H2,1-2H3. The van der Waals surface area contributed by atoms with Crippen molar-refractivity contribution >= 4 is 32.6 Å². The van der Waals surface area contributed by atoms with Crippen molar-refractivity contribution in [1.29, 1.82) is 0 Å². The molecule has 0 N–H and O–H groups in total. The Bertz CT molecular complexity index is 1140. The molecule has 0 fully saturated rings. The highest BCUT2D eigenvalue weighted by molar-refractivity contribution is 7.22. The summed E-state index contributed by atoms with van der Waals surface area (Å²) < 4.78 is 11.8. The molecule has 5 nitrogen and oxygen atoms in total. The van der Waals surface area contributed by atoms with E-state index in [4.69, 9.17) is 14.5 Å². The third-order valence-corrected chi connectivity index (χ3v) is 5.70. The molecule has 0 aliphatic carbocycles. The fourth-order valence-corrected chi connectivity index (χ4v) is 4.14. The number of thiazole rings is 1. The number of benzene rings is 3. The molecular weight excluding hydrogens is 396 g/mol. The number of rotatable bonds is 7. The first-order chi connectivity index (χ1) is 14.7. The maximum absolute atomic E-state index is 13.4. The summed E-state index contributed by atoms with van der Waals surface area (Å²) >= 11 is 1.48. The maximum Gasteiger partial charge on any atom is 0.260 e. The number of nitrogens with zero attached hydrogens (tertiary/aromatic N) is 2. The van der Waals surface area contributed by atoms with Crippen molar-refractivity contribution < 1.29 is 14.3 Å². The van der Waals surface area contributed by atoms with Gasteiger partial charge in [-0.1, -0.05) is 41.7 Å². The maximum atomic E-state index is 13.4. The summed E-state index contributed by atoms with van der Waals surface area (Å²) in [6.07, 6.45) is 0. The lowest BCUT2D eigenvalue weighted by atomic mass is 10.1. The molecule has 0 saturated carbocycles. The number of aromatic nitrogens is 1. The smallest absolute Gasteiger partial charge is 0.260 e. The van der Waals surface area contributed by atoms with Gasteiger partial charge >= 0.3 is 0 Å². The Morgan fingerprint density at radius 2 is 1.73 bits per heavy atom. The van der Waals surface area contributed by atoms with Gasteiger partial charge in [-0.05, 0) is 55.0 Å². The van der Waals surface area contributed by atoms with E-state index in [1.54, 1.807) is 24.1 Å². The SMILES string of the molecule is CCOc1ccc(C(=O)N(Cc2ccccc2)c2nc3ccc(OC)cc3s2)cc1. The van der Waals surface area contributed by atoms with E-state index in [1.165, 1.54) is 11.3 Å². The van der Waals surface area contributed by atoms with Crippen molar-refractivity contribution in [2.24, 2.45) is 0 Å². The fraction of sp³-hybridized carbons (Fsp3) is 0.167. The summed E-state index contributed by atoms with van der Waals surface area (Å²) in [6.45, 7) is 2.95. The predicted octanol–water partition coefficient (Wildman–Crippen LogP) is 5.55. The van der Waals surface area contributed by atoms with Gasteiger partial charge in [-0.25, -0.2) is 4.98 Å². The molecule has 3 aromatic carbocycles. The van der Waals surface area contributed by atoms with Crippen LogP contribution in [0.5, 0.6) is 11.5 Å². The van der Waals surface area contributed by atoms with E-state index in [2.05, 4.69) is 0 Å². The molecule has 4 rings (SSSR count). The average molecular weight is 419 g/mol. The molecule has 1 heterocycles. The Kier molecular flexibility index (Phi) is 5.95. The van der Waals surface area contributed by atoms with Gasteiger partial charge in [0, 0.05) is 5.56 Å². The van der Waals surface area contributed by atoms with E-state index >= 15 is 0 Å². The Labute approximate surface area is 179 Å². The molecular formula is C24H22N2O3S. The normalized spacial score (nSPS) is 10.7. The van der Waals surface area contributed by atoms with Crippen molar-refractivity contribution in [2.45, 2.75) is 13.5 Å². The van der Waals surface area contributed by atoms with Gasteiger partial charge in [0.2, 0.25) is 0 Å². The number of anilines is 1. The van der Waals surface area contributed by atoms with E-state index in [0.717, 1.165) is 27.3 Å². The van der Waals surface area contributed by atoms with Crippen LogP contribution in [0.3, 0.4) is 0 Å². The molecule has 0 aliphatic rings. The molecule has 0 spiro atoms. The number of hydrogen-bond donors (Lipinski definition) is 0. The van der Waals surface area contributed by atoms with Crippen LogP contribution in [0.2, 0.25) is 0 Å². The third-order valence-electron chi connectivity index (χ3n) is 4.66. The van der Waals surface area contributed by atoms with Crippen LogP contribution in [-0.4, -0.2) is 24.6 Å². The lowest BCUT2D eigenvalue weighted by Gasteiger charge is -2.20. The van der Waals surface area contributed by atoms with Gasteiger partial charge in [0.25, 0.3) is 5.91 Å². The van der Waals surface area contributed by atoms with E-state index in [1.807, 2.05) is 67.6 Å². The molecule has 0 saturated heterocycles. The van der Waals surface area contributed by atoms with Gasteiger partial charge in [-0.3, -0.25) is 9.69 Å². The topological polar surface area (TPSA) is 51.7 Å². The second-order valence-corrected chi connectivity index (χ2v) is 7.67. The van der Waals surface area contributed by atoms with E-state index in [-0.39, 0.29) is 5.91 Å². The number of methoxy groups -OCH3 is 1. The molecule has 6 heteroatoms. The molecule has 4 aromatic rings. The van der Waals surface area contributed by atoms with E-state index in [0.29, 0.717) is 23.8 Å². The first-order valence-corrected chi connectivity index (χ1v) is 10.5. The van der Waals surface area contributed by atoms with Crippen LogP contribution < -0.4 is 14.4 Å². The van der Waals surface area contributed by atoms with Gasteiger partial charge in [0.15, 0.2) is 5.13 Å². The highest BCUT2D eigenvalue weighted by Crippen LogP contribution is 2.33. The van der Waals surface area contributed by atoms with Crippen molar-refractivity contribution in [3.63, 3.8) is 0 Å². The number of hydrogen-bond acceptors (Lipinski definition) is 5. The van der Waals surface area contributed by atoms with Gasteiger partial charge in [0.05, 0.1) is 30.5 Å². The molecule has 0 bridgehead atoms. The summed E-state index contributed by atoms with van der Waals surface area (Å²) in [5.74, 6) is 1.41. The number of ether oxygens (including phenoxy) is 2. The molecule has 1 amide bonds. The third kappa shape index (κ3) is 4.28. The highest BCUT2D eigenvalue weighted by Gasteiger charge is 2.22. The van der Waals surface area contributed by atoms with Gasteiger partial charge in [-0.2, -0.15) is 0 Å². The highest BCUT2D eigenvalue weighted by atomic mass is 32.1. The summed E-state index contributed by atoms with van der Waals surface area (Å²) in [5, 5.41) is 0.654. The summed E-state index contributed by atoms with van der Waals surface area (Å²) in [5.41, 5.74) is 2.47. The van der Waals surface area contributed by atoms with Crippen LogP contribution in [0, 0.1) is 0 Å². The zero-order valence-electron chi connectivity index (χ0n) is 16.9. The molecule has 0 atom stereocenters.